The zero-order chi connectivity index (χ0) is 15.1. The summed E-state index contributed by atoms with van der Waals surface area (Å²) in [5.41, 5.74) is 7.06. The number of rotatable bonds is 2. The minimum atomic E-state index is -0.737. The highest BCUT2D eigenvalue weighted by molar-refractivity contribution is 5.84. The molecule has 21 heavy (non-hydrogen) atoms. The molecule has 0 radical (unpaired) electrons. The maximum atomic E-state index is 10.9. The Kier molecular flexibility index (Phi) is 2.65. The third-order valence-electron chi connectivity index (χ3n) is 3.05. The fraction of sp³-hybridized carbons (Fsp3) is 0. The van der Waals surface area contributed by atoms with Crippen molar-refractivity contribution in [3.8, 4) is 22.9 Å². The lowest BCUT2D eigenvalue weighted by Gasteiger charge is -2.03. The van der Waals surface area contributed by atoms with E-state index in [9.17, 15) is 20.3 Å². The van der Waals surface area contributed by atoms with E-state index in [4.69, 9.17) is 5.73 Å². The van der Waals surface area contributed by atoms with Crippen LogP contribution in [0.15, 0.2) is 30.3 Å². The highest BCUT2D eigenvalue weighted by atomic mass is 16.6. The highest BCUT2D eigenvalue weighted by Gasteiger charge is 2.20. The zero-order valence-corrected chi connectivity index (χ0v) is 10.6. The minimum Gasteiger partial charge on any atom is -0.507 e. The maximum absolute atomic E-state index is 10.9. The van der Waals surface area contributed by atoms with Crippen molar-refractivity contribution in [1.29, 1.82) is 0 Å². The number of nitro groups is 1. The van der Waals surface area contributed by atoms with Crippen LogP contribution in [0.1, 0.15) is 0 Å². The van der Waals surface area contributed by atoms with E-state index >= 15 is 0 Å². The quantitative estimate of drug-likeness (QED) is 0.323. The number of anilines is 1. The molecule has 8 heteroatoms. The van der Waals surface area contributed by atoms with Gasteiger partial charge in [-0.3, -0.25) is 10.1 Å². The molecule has 3 aromatic rings. The van der Waals surface area contributed by atoms with Crippen LogP contribution < -0.4 is 5.73 Å². The van der Waals surface area contributed by atoms with Crippen LogP contribution in [0.4, 0.5) is 11.4 Å². The SMILES string of the molecule is Nc1ccc2nc(-c3cc([N+](=O)[O-])c(O)cc3O)[nH]c2c1. The van der Waals surface area contributed by atoms with Crippen LogP contribution in [0.3, 0.4) is 0 Å². The number of nitrogens with one attached hydrogen (secondary N) is 1. The molecule has 2 aromatic carbocycles. The second-order valence-corrected chi connectivity index (χ2v) is 4.48. The van der Waals surface area contributed by atoms with Gasteiger partial charge in [-0.15, -0.1) is 0 Å². The summed E-state index contributed by atoms with van der Waals surface area (Å²) in [6.45, 7) is 0. The van der Waals surface area contributed by atoms with Gasteiger partial charge in [0.15, 0.2) is 5.75 Å². The van der Waals surface area contributed by atoms with Gasteiger partial charge in [-0.1, -0.05) is 0 Å². The fourth-order valence-corrected chi connectivity index (χ4v) is 2.06. The minimum absolute atomic E-state index is 0.120. The van der Waals surface area contributed by atoms with E-state index < -0.39 is 16.4 Å². The summed E-state index contributed by atoms with van der Waals surface area (Å²) in [6, 6.07) is 7.00. The molecule has 0 bridgehead atoms. The second kappa shape index (κ2) is 4.37. The van der Waals surface area contributed by atoms with Crippen LogP contribution >= 0.6 is 0 Å². The normalized spacial score (nSPS) is 10.9. The molecule has 1 heterocycles. The molecule has 0 aliphatic rings. The van der Waals surface area contributed by atoms with Crippen molar-refractivity contribution in [1.82, 2.24) is 9.97 Å². The Bertz CT molecular complexity index is 872. The van der Waals surface area contributed by atoms with Crippen LogP contribution in [-0.4, -0.2) is 25.1 Å². The van der Waals surface area contributed by atoms with E-state index in [1.165, 1.54) is 0 Å². The Labute approximate surface area is 117 Å². The fourth-order valence-electron chi connectivity index (χ4n) is 2.06. The molecule has 3 rings (SSSR count). The van der Waals surface area contributed by atoms with Crippen molar-refractivity contribution in [2.75, 3.05) is 5.73 Å². The lowest BCUT2D eigenvalue weighted by atomic mass is 10.1. The monoisotopic (exact) mass is 286 g/mol. The molecule has 0 saturated heterocycles. The number of benzene rings is 2. The topological polar surface area (TPSA) is 138 Å². The van der Waals surface area contributed by atoms with Crippen LogP contribution in [-0.2, 0) is 0 Å². The van der Waals surface area contributed by atoms with Gasteiger partial charge in [0.2, 0.25) is 0 Å². The Morgan fingerprint density at radius 1 is 1.19 bits per heavy atom. The number of nitrogen functional groups attached to an aromatic ring is 1. The largest absolute Gasteiger partial charge is 0.507 e. The number of aromatic amines is 1. The van der Waals surface area contributed by atoms with Crippen molar-refractivity contribution >= 4 is 22.4 Å². The number of nitrogens with zero attached hydrogens (tertiary/aromatic N) is 2. The number of nitro benzene ring substituents is 1. The van der Waals surface area contributed by atoms with Crippen molar-refractivity contribution in [3.05, 3.63) is 40.4 Å². The molecule has 0 amide bonds. The molecule has 0 aliphatic heterocycles. The summed E-state index contributed by atoms with van der Waals surface area (Å²) in [4.78, 5) is 17.3. The van der Waals surface area contributed by atoms with Crippen molar-refractivity contribution in [2.24, 2.45) is 0 Å². The number of H-pyrrole nitrogens is 1. The van der Waals surface area contributed by atoms with Gasteiger partial charge in [0.05, 0.1) is 21.5 Å². The Morgan fingerprint density at radius 3 is 2.67 bits per heavy atom. The number of hydrogen-bond acceptors (Lipinski definition) is 6. The van der Waals surface area contributed by atoms with Gasteiger partial charge in [-0.25, -0.2) is 4.98 Å². The van der Waals surface area contributed by atoms with E-state index in [-0.39, 0.29) is 17.1 Å². The Hall–Kier alpha value is -3.29. The molecule has 0 saturated carbocycles. The van der Waals surface area contributed by atoms with Gasteiger partial charge in [-0.05, 0) is 18.2 Å². The van der Waals surface area contributed by atoms with Gasteiger partial charge < -0.3 is 20.9 Å². The summed E-state index contributed by atoms with van der Waals surface area (Å²) < 4.78 is 0. The van der Waals surface area contributed by atoms with Crippen LogP contribution in [0.5, 0.6) is 11.5 Å². The second-order valence-electron chi connectivity index (χ2n) is 4.48. The molecule has 0 atom stereocenters. The first-order valence-corrected chi connectivity index (χ1v) is 5.91. The molecular weight excluding hydrogens is 276 g/mol. The number of phenols is 2. The van der Waals surface area contributed by atoms with Crippen molar-refractivity contribution in [3.63, 3.8) is 0 Å². The molecule has 106 valence electrons. The van der Waals surface area contributed by atoms with Gasteiger partial charge in [0, 0.05) is 17.8 Å². The number of nitrogens with two attached hydrogens (primary N) is 1. The predicted octanol–water partition coefficient (Wildman–Crippen LogP) is 2.13. The number of aromatic hydroxyl groups is 2. The highest BCUT2D eigenvalue weighted by Crippen LogP contribution is 2.38. The van der Waals surface area contributed by atoms with E-state index in [0.29, 0.717) is 16.7 Å². The van der Waals surface area contributed by atoms with Gasteiger partial charge in [0.25, 0.3) is 0 Å². The van der Waals surface area contributed by atoms with Gasteiger partial charge in [-0.2, -0.15) is 0 Å². The van der Waals surface area contributed by atoms with E-state index in [2.05, 4.69) is 9.97 Å². The third kappa shape index (κ3) is 2.08. The van der Waals surface area contributed by atoms with E-state index in [1.807, 2.05) is 0 Å². The zero-order valence-electron chi connectivity index (χ0n) is 10.6. The first-order valence-electron chi connectivity index (χ1n) is 5.91. The van der Waals surface area contributed by atoms with Crippen molar-refractivity contribution < 1.29 is 15.1 Å². The number of imidazole rings is 1. The summed E-state index contributed by atoms with van der Waals surface area (Å²) in [6.07, 6.45) is 0. The van der Waals surface area contributed by atoms with Crippen LogP contribution in [0, 0.1) is 10.1 Å². The summed E-state index contributed by atoms with van der Waals surface area (Å²) in [5.74, 6) is -0.678. The molecule has 0 unspecified atom stereocenters. The number of fused-ring (bicyclic) bond motifs is 1. The van der Waals surface area contributed by atoms with Crippen LogP contribution in [0.25, 0.3) is 22.4 Å². The molecule has 1 aromatic heterocycles. The molecule has 0 fully saturated rings. The lowest BCUT2D eigenvalue weighted by Crippen LogP contribution is -1.91. The number of aromatic nitrogens is 2. The average molecular weight is 286 g/mol. The average Bonchev–Trinajstić information content (AvgIpc) is 2.80. The van der Waals surface area contributed by atoms with E-state index in [1.54, 1.807) is 18.2 Å². The first-order chi connectivity index (χ1) is 9.95. The van der Waals surface area contributed by atoms with Crippen LogP contribution in [0.2, 0.25) is 0 Å². The molecular formula is C13H10N4O4. The molecule has 0 aliphatic carbocycles. The first kappa shape index (κ1) is 12.7. The Balaban J connectivity index is 2.22. The molecule has 0 spiro atoms. The summed E-state index contributed by atoms with van der Waals surface area (Å²) in [7, 11) is 0. The molecule has 5 N–H and O–H groups in total. The van der Waals surface area contributed by atoms with E-state index in [0.717, 1.165) is 12.1 Å². The van der Waals surface area contributed by atoms with Gasteiger partial charge >= 0.3 is 5.69 Å². The molecule has 8 nitrogen and oxygen atoms in total. The van der Waals surface area contributed by atoms with Crippen molar-refractivity contribution in [2.45, 2.75) is 0 Å². The van der Waals surface area contributed by atoms with Gasteiger partial charge in [0.1, 0.15) is 11.6 Å². The standard InChI is InChI=1S/C13H10N4O4/c14-6-1-2-8-9(3-6)16-13(15-8)7-4-10(17(20)21)12(19)5-11(7)18/h1-5,18-19H,14H2,(H,15,16). The summed E-state index contributed by atoms with van der Waals surface area (Å²) >= 11 is 0. The summed E-state index contributed by atoms with van der Waals surface area (Å²) in [5, 5.41) is 30.2. The lowest BCUT2D eigenvalue weighted by molar-refractivity contribution is -0.385. The number of phenolic OH excluding ortho intramolecular Hbond substituents is 2. The number of hydrogen-bond donors (Lipinski definition) is 4. The Morgan fingerprint density at radius 2 is 1.95 bits per heavy atom. The smallest absolute Gasteiger partial charge is 0.311 e. The maximum Gasteiger partial charge on any atom is 0.311 e. The third-order valence-corrected chi connectivity index (χ3v) is 3.05. The predicted molar refractivity (Wildman–Crippen MR) is 75.9 cm³/mol.